The summed E-state index contributed by atoms with van der Waals surface area (Å²) < 4.78 is 1.55. The quantitative estimate of drug-likeness (QED) is 0.741. The first-order chi connectivity index (χ1) is 7.02. The third kappa shape index (κ3) is 2.88. The van der Waals surface area contributed by atoms with Crippen molar-refractivity contribution in [1.29, 1.82) is 0 Å². The second-order valence-electron chi connectivity index (χ2n) is 5.91. The molecule has 92 valence electrons. The van der Waals surface area contributed by atoms with Crippen LogP contribution in [0.1, 0.15) is 41.5 Å². The molecule has 0 unspecified atom stereocenters. The van der Waals surface area contributed by atoms with E-state index in [0.29, 0.717) is 0 Å². The van der Waals surface area contributed by atoms with E-state index in [1.54, 1.807) is 22.4 Å². The summed E-state index contributed by atoms with van der Waals surface area (Å²) in [6.07, 6.45) is 0. The first kappa shape index (κ1) is 13.3. The van der Waals surface area contributed by atoms with Crippen molar-refractivity contribution in [3.05, 3.63) is 6.07 Å². The molecule has 0 aromatic carbocycles. The Kier molecular flexibility index (Phi) is 3.25. The maximum atomic E-state index is 10.1. The predicted octanol–water partition coefficient (Wildman–Crippen LogP) is 3.54. The van der Waals surface area contributed by atoms with Crippen molar-refractivity contribution in [3.63, 3.8) is 0 Å². The average molecular weight is 243 g/mol. The molecule has 1 heterocycles. The third-order valence-electron chi connectivity index (χ3n) is 2.01. The molecule has 0 fully saturated rings. The fourth-order valence-electron chi connectivity index (χ4n) is 1.53. The van der Waals surface area contributed by atoms with E-state index in [0.717, 1.165) is 4.90 Å². The normalized spacial score (nSPS) is 13.1. The maximum Gasteiger partial charge on any atom is 0.208 e. The van der Waals surface area contributed by atoms with Gasteiger partial charge in [-0.2, -0.15) is 0 Å². The highest BCUT2D eigenvalue weighted by molar-refractivity contribution is 8.00. The first-order valence-electron chi connectivity index (χ1n) is 5.35. The van der Waals surface area contributed by atoms with Gasteiger partial charge < -0.3 is 10.2 Å². The topological polar surface area (TPSA) is 45.4 Å². The van der Waals surface area contributed by atoms with Crippen LogP contribution in [0.5, 0.6) is 11.8 Å². The van der Waals surface area contributed by atoms with Gasteiger partial charge in [0.15, 0.2) is 5.88 Å². The van der Waals surface area contributed by atoms with Gasteiger partial charge in [-0.3, -0.25) is 4.57 Å². The molecule has 1 rings (SSSR count). The molecular formula is C12H21NO2S. The van der Waals surface area contributed by atoms with Crippen molar-refractivity contribution in [2.45, 2.75) is 56.7 Å². The Morgan fingerprint density at radius 2 is 1.56 bits per heavy atom. The second-order valence-corrected chi connectivity index (χ2v) is 7.78. The fourth-order valence-corrected chi connectivity index (χ4v) is 2.54. The van der Waals surface area contributed by atoms with E-state index < -0.39 is 0 Å². The Morgan fingerprint density at radius 3 is 1.88 bits per heavy atom. The van der Waals surface area contributed by atoms with Gasteiger partial charge >= 0.3 is 0 Å². The summed E-state index contributed by atoms with van der Waals surface area (Å²) in [4.78, 5) is 0.722. The van der Waals surface area contributed by atoms with Crippen LogP contribution in [0, 0.1) is 0 Å². The van der Waals surface area contributed by atoms with Crippen molar-refractivity contribution >= 4 is 11.8 Å². The zero-order valence-corrected chi connectivity index (χ0v) is 11.6. The number of aromatic hydroxyl groups is 2. The highest BCUT2D eigenvalue weighted by Crippen LogP contribution is 2.43. The number of rotatable bonds is 1. The van der Waals surface area contributed by atoms with Gasteiger partial charge in [0, 0.05) is 16.4 Å². The predicted molar refractivity (Wildman–Crippen MR) is 68.4 cm³/mol. The van der Waals surface area contributed by atoms with Crippen molar-refractivity contribution in [2.24, 2.45) is 0 Å². The SMILES string of the molecule is CC(C)(C)Sc1cc(O)n(C(C)(C)C)c1O. The number of nitrogens with zero attached hydrogens (tertiary/aromatic N) is 1. The minimum absolute atomic E-state index is 0.00792. The number of hydrogen-bond acceptors (Lipinski definition) is 3. The minimum Gasteiger partial charge on any atom is -0.494 e. The Bertz CT molecular complexity index is 383. The molecule has 0 aliphatic carbocycles. The van der Waals surface area contributed by atoms with E-state index in [1.807, 2.05) is 20.8 Å². The molecule has 0 aliphatic heterocycles. The molecule has 3 nitrogen and oxygen atoms in total. The molecule has 0 bridgehead atoms. The summed E-state index contributed by atoms with van der Waals surface area (Å²) >= 11 is 1.55. The van der Waals surface area contributed by atoms with Gasteiger partial charge in [-0.15, -0.1) is 11.8 Å². The van der Waals surface area contributed by atoms with Crippen molar-refractivity contribution in [1.82, 2.24) is 4.57 Å². The molecule has 2 N–H and O–H groups in total. The second kappa shape index (κ2) is 3.91. The summed E-state index contributed by atoms with van der Waals surface area (Å²) in [6, 6.07) is 1.62. The minimum atomic E-state index is -0.329. The molecule has 1 aromatic heterocycles. The number of hydrogen-bond donors (Lipinski definition) is 2. The lowest BCUT2D eigenvalue weighted by atomic mass is 10.1. The summed E-state index contributed by atoms with van der Waals surface area (Å²) in [5.74, 6) is 0.252. The van der Waals surface area contributed by atoms with Gasteiger partial charge in [0.1, 0.15) is 0 Å². The van der Waals surface area contributed by atoms with E-state index in [9.17, 15) is 10.2 Å². The third-order valence-corrected chi connectivity index (χ3v) is 3.14. The highest BCUT2D eigenvalue weighted by Gasteiger charge is 2.26. The van der Waals surface area contributed by atoms with Crippen LogP contribution in [0.25, 0.3) is 0 Å². The van der Waals surface area contributed by atoms with E-state index in [2.05, 4.69) is 20.8 Å². The lowest BCUT2D eigenvalue weighted by Crippen LogP contribution is -2.20. The van der Waals surface area contributed by atoms with Crippen LogP contribution in [-0.2, 0) is 5.54 Å². The largest absolute Gasteiger partial charge is 0.494 e. The zero-order chi connectivity index (χ0) is 12.7. The molecule has 0 atom stereocenters. The first-order valence-corrected chi connectivity index (χ1v) is 6.17. The summed E-state index contributed by atoms with van der Waals surface area (Å²) in [7, 11) is 0. The Morgan fingerprint density at radius 1 is 1.06 bits per heavy atom. The van der Waals surface area contributed by atoms with Crippen LogP contribution in [-0.4, -0.2) is 19.5 Å². The number of thioether (sulfide) groups is 1. The van der Waals surface area contributed by atoms with E-state index in [-0.39, 0.29) is 22.0 Å². The monoisotopic (exact) mass is 243 g/mol. The Labute approximate surface area is 101 Å². The summed E-state index contributed by atoms with van der Waals surface area (Å²) in [6.45, 7) is 12.0. The molecule has 0 saturated heterocycles. The van der Waals surface area contributed by atoms with Gasteiger partial charge in [0.05, 0.1) is 4.90 Å². The van der Waals surface area contributed by atoms with Crippen LogP contribution in [0.2, 0.25) is 0 Å². The smallest absolute Gasteiger partial charge is 0.208 e. The van der Waals surface area contributed by atoms with Crippen LogP contribution in [0.15, 0.2) is 11.0 Å². The van der Waals surface area contributed by atoms with E-state index in [4.69, 9.17) is 0 Å². The Hall–Kier alpha value is -0.770. The van der Waals surface area contributed by atoms with Gasteiger partial charge in [0.2, 0.25) is 5.88 Å². The molecule has 1 aromatic rings. The molecule has 0 spiro atoms. The standard InChI is InChI=1S/C12H21NO2S/c1-11(2,3)13-9(14)7-8(10(13)15)16-12(4,5)6/h7,14-15H,1-6H3. The lowest BCUT2D eigenvalue weighted by Gasteiger charge is -2.23. The van der Waals surface area contributed by atoms with Gasteiger partial charge in [0.25, 0.3) is 0 Å². The molecule has 0 radical (unpaired) electrons. The molecule has 0 amide bonds. The van der Waals surface area contributed by atoms with Crippen LogP contribution < -0.4 is 0 Å². The molecule has 16 heavy (non-hydrogen) atoms. The van der Waals surface area contributed by atoms with E-state index in [1.165, 1.54) is 0 Å². The summed E-state index contributed by atoms with van der Waals surface area (Å²) in [5.41, 5.74) is -0.329. The molecule has 0 aliphatic rings. The molecule has 0 saturated carbocycles. The fraction of sp³-hybridized carbons (Fsp3) is 0.667. The van der Waals surface area contributed by atoms with Crippen molar-refractivity contribution in [3.8, 4) is 11.8 Å². The zero-order valence-electron chi connectivity index (χ0n) is 10.8. The van der Waals surface area contributed by atoms with Crippen molar-refractivity contribution in [2.75, 3.05) is 0 Å². The average Bonchev–Trinajstić information content (AvgIpc) is 2.21. The van der Waals surface area contributed by atoms with Crippen LogP contribution >= 0.6 is 11.8 Å². The van der Waals surface area contributed by atoms with Gasteiger partial charge in [-0.25, -0.2) is 0 Å². The van der Waals surface area contributed by atoms with Crippen LogP contribution in [0.3, 0.4) is 0 Å². The van der Waals surface area contributed by atoms with Gasteiger partial charge in [-0.05, 0) is 20.8 Å². The highest BCUT2D eigenvalue weighted by atomic mass is 32.2. The van der Waals surface area contributed by atoms with E-state index >= 15 is 0 Å². The lowest BCUT2D eigenvalue weighted by molar-refractivity contribution is 0.281. The Balaban J connectivity index is 3.18. The number of aromatic nitrogens is 1. The van der Waals surface area contributed by atoms with Crippen molar-refractivity contribution < 1.29 is 10.2 Å². The molecular weight excluding hydrogens is 222 g/mol. The summed E-state index contributed by atoms with van der Waals surface area (Å²) in [5, 5.41) is 19.9. The van der Waals surface area contributed by atoms with Crippen LogP contribution in [0.4, 0.5) is 0 Å². The maximum absolute atomic E-state index is 10.1. The molecule has 4 heteroatoms. The van der Waals surface area contributed by atoms with Gasteiger partial charge in [-0.1, -0.05) is 20.8 Å².